The molecule has 0 atom stereocenters. The first kappa shape index (κ1) is 15.1. The van der Waals surface area contributed by atoms with Crippen LogP contribution in [0, 0.1) is 0 Å². The van der Waals surface area contributed by atoms with E-state index in [4.69, 9.17) is 4.74 Å². The maximum Gasteiger partial charge on any atom is 0.192 e. The third kappa shape index (κ3) is 3.85. The summed E-state index contributed by atoms with van der Waals surface area (Å²) in [5.74, 6) is 0.486. The fraction of sp³-hybridized carbons (Fsp3) is 0.214. The van der Waals surface area contributed by atoms with Crippen LogP contribution in [0.5, 0.6) is 11.5 Å². The molecule has 1 heterocycles. The van der Waals surface area contributed by atoms with E-state index in [1.807, 2.05) is 6.07 Å². The minimum absolute atomic E-state index is 0.0372. The van der Waals surface area contributed by atoms with E-state index in [-0.39, 0.29) is 10.8 Å². The van der Waals surface area contributed by atoms with Crippen molar-refractivity contribution in [3.05, 3.63) is 42.1 Å². The highest BCUT2D eigenvalue weighted by Crippen LogP contribution is 2.26. The minimum Gasteiger partial charge on any atom is -0.504 e. The molecule has 0 spiro atoms. The Morgan fingerprint density at radius 3 is 2.57 bits per heavy atom. The van der Waals surface area contributed by atoms with Gasteiger partial charge in [0.05, 0.1) is 19.0 Å². The second kappa shape index (κ2) is 6.01. The summed E-state index contributed by atoms with van der Waals surface area (Å²) in [5.41, 5.74) is 1.55. The van der Waals surface area contributed by atoms with Crippen molar-refractivity contribution in [3.8, 4) is 11.5 Å². The number of nitrogens with one attached hydrogen (secondary N) is 1. The second-order valence-electron chi connectivity index (χ2n) is 4.52. The highest BCUT2D eigenvalue weighted by atomic mass is 32.2. The number of ether oxygens (including phenoxy) is 1. The van der Waals surface area contributed by atoms with Gasteiger partial charge in [-0.2, -0.15) is 0 Å². The van der Waals surface area contributed by atoms with E-state index in [0.29, 0.717) is 18.0 Å². The molecule has 2 aromatic rings. The Morgan fingerprint density at radius 1 is 1.29 bits per heavy atom. The number of pyridine rings is 1. The molecule has 0 saturated heterocycles. The van der Waals surface area contributed by atoms with Gasteiger partial charge in [0, 0.05) is 12.8 Å². The molecule has 0 bridgehead atoms. The van der Waals surface area contributed by atoms with Crippen molar-refractivity contribution in [1.29, 1.82) is 0 Å². The molecule has 2 rings (SSSR count). The molecule has 0 aliphatic carbocycles. The number of phenols is 1. The summed E-state index contributed by atoms with van der Waals surface area (Å²) in [4.78, 5) is 3.89. The third-order valence-electron chi connectivity index (χ3n) is 2.86. The Bertz CT molecular complexity index is 727. The van der Waals surface area contributed by atoms with E-state index in [0.717, 1.165) is 11.8 Å². The molecule has 112 valence electrons. The molecule has 7 heteroatoms. The first-order chi connectivity index (χ1) is 9.90. The van der Waals surface area contributed by atoms with Crippen LogP contribution in [0.2, 0.25) is 0 Å². The summed E-state index contributed by atoms with van der Waals surface area (Å²) < 4.78 is 27.6. The Labute approximate surface area is 123 Å². The number of rotatable bonds is 5. The molecule has 0 unspecified atom stereocenters. The summed E-state index contributed by atoms with van der Waals surface area (Å²) in [6, 6.07) is 8.20. The van der Waals surface area contributed by atoms with Crippen molar-refractivity contribution in [3.63, 3.8) is 0 Å². The number of nitrogens with zero attached hydrogens (tertiary/aromatic N) is 1. The van der Waals surface area contributed by atoms with Crippen LogP contribution in [0.25, 0.3) is 0 Å². The zero-order valence-corrected chi connectivity index (χ0v) is 12.5. The lowest BCUT2D eigenvalue weighted by atomic mass is 10.2. The molecule has 1 aromatic heterocycles. The molecular weight excluding hydrogens is 292 g/mol. The molecule has 0 saturated carbocycles. The van der Waals surface area contributed by atoms with Gasteiger partial charge < -0.3 is 15.2 Å². The van der Waals surface area contributed by atoms with Crippen LogP contribution in [0.1, 0.15) is 5.56 Å². The Hall–Kier alpha value is -2.28. The monoisotopic (exact) mass is 308 g/mol. The predicted molar refractivity (Wildman–Crippen MR) is 79.3 cm³/mol. The zero-order chi connectivity index (χ0) is 15.5. The zero-order valence-electron chi connectivity index (χ0n) is 11.7. The Balaban J connectivity index is 2.05. The smallest absolute Gasteiger partial charge is 0.192 e. The third-order valence-corrected chi connectivity index (χ3v) is 3.86. The van der Waals surface area contributed by atoms with Crippen molar-refractivity contribution < 1.29 is 18.3 Å². The molecule has 2 N–H and O–H groups in total. The van der Waals surface area contributed by atoms with Gasteiger partial charge >= 0.3 is 0 Å². The summed E-state index contributed by atoms with van der Waals surface area (Å²) in [5, 5.41) is 12.8. The molecular formula is C14H16N2O4S. The Kier molecular flexibility index (Phi) is 4.32. The van der Waals surface area contributed by atoms with Crippen molar-refractivity contribution >= 4 is 15.5 Å². The lowest BCUT2D eigenvalue weighted by Gasteiger charge is -2.09. The average Bonchev–Trinajstić information content (AvgIpc) is 2.45. The summed E-state index contributed by atoms with van der Waals surface area (Å²) in [6.07, 6.45) is 2.57. The number of methoxy groups -OCH3 is 1. The quantitative estimate of drug-likeness (QED) is 0.876. The van der Waals surface area contributed by atoms with E-state index in [1.54, 1.807) is 18.2 Å². The van der Waals surface area contributed by atoms with E-state index in [2.05, 4.69) is 10.3 Å². The molecule has 1 aromatic carbocycles. The fourth-order valence-electron chi connectivity index (χ4n) is 1.75. The van der Waals surface area contributed by atoms with Crippen molar-refractivity contribution in [2.75, 3.05) is 18.7 Å². The highest BCUT2D eigenvalue weighted by molar-refractivity contribution is 7.90. The van der Waals surface area contributed by atoms with Gasteiger partial charge in [-0.25, -0.2) is 13.4 Å². The predicted octanol–water partition coefficient (Wildman–Crippen LogP) is 1.81. The van der Waals surface area contributed by atoms with Gasteiger partial charge in [-0.1, -0.05) is 6.07 Å². The molecule has 0 amide bonds. The van der Waals surface area contributed by atoms with Crippen LogP contribution < -0.4 is 10.1 Å². The SMILES string of the molecule is COc1ccc(CNc2ccc(S(C)(=O)=O)nc2)cc1O. The van der Waals surface area contributed by atoms with Crippen LogP contribution in [-0.4, -0.2) is 31.9 Å². The molecule has 0 radical (unpaired) electrons. The number of phenolic OH excluding ortho intramolecular Hbond substituents is 1. The van der Waals surface area contributed by atoms with Crippen molar-refractivity contribution in [2.45, 2.75) is 11.6 Å². The van der Waals surface area contributed by atoms with Crippen LogP contribution in [0.3, 0.4) is 0 Å². The average molecular weight is 308 g/mol. The van der Waals surface area contributed by atoms with Crippen molar-refractivity contribution in [1.82, 2.24) is 4.98 Å². The highest BCUT2D eigenvalue weighted by Gasteiger charge is 2.08. The van der Waals surface area contributed by atoms with E-state index in [9.17, 15) is 13.5 Å². The van der Waals surface area contributed by atoms with Crippen LogP contribution in [0.4, 0.5) is 5.69 Å². The lowest BCUT2D eigenvalue weighted by molar-refractivity contribution is 0.373. The number of anilines is 1. The maximum atomic E-state index is 11.3. The molecule has 21 heavy (non-hydrogen) atoms. The van der Waals surface area contributed by atoms with Gasteiger partial charge in [-0.3, -0.25) is 0 Å². The second-order valence-corrected chi connectivity index (χ2v) is 6.48. The van der Waals surface area contributed by atoms with Gasteiger partial charge in [-0.15, -0.1) is 0 Å². The van der Waals surface area contributed by atoms with Crippen LogP contribution in [-0.2, 0) is 16.4 Å². The largest absolute Gasteiger partial charge is 0.504 e. The number of aromatic hydroxyl groups is 1. The minimum atomic E-state index is -3.29. The van der Waals surface area contributed by atoms with Gasteiger partial charge in [0.25, 0.3) is 0 Å². The topological polar surface area (TPSA) is 88.5 Å². The van der Waals surface area contributed by atoms with Gasteiger partial charge in [0.1, 0.15) is 0 Å². The fourth-order valence-corrected chi connectivity index (χ4v) is 2.31. The summed E-state index contributed by atoms with van der Waals surface area (Å²) in [6.45, 7) is 0.470. The molecule has 0 aliphatic heterocycles. The standard InChI is InChI=1S/C14H16N2O4S/c1-20-13-5-3-10(7-12(13)17)8-15-11-4-6-14(16-9-11)21(2,18)19/h3-7,9,15,17H,8H2,1-2H3. The van der Waals surface area contributed by atoms with Crippen molar-refractivity contribution in [2.24, 2.45) is 0 Å². The normalized spacial score (nSPS) is 11.1. The molecule has 0 aliphatic rings. The maximum absolute atomic E-state index is 11.3. The number of benzene rings is 1. The summed E-state index contributed by atoms with van der Waals surface area (Å²) in [7, 11) is -1.80. The first-order valence-corrected chi connectivity index (χ1v) is 8.05. The van der Waals surface area contributed by atoms with E-state index < -0.39 is 9.84 Å². The number of sulfone groups is 1. The molecule has 0 fully saturated rings. The summed E-state index contributed by atoms with van der Waals surface area (Å²) >= 11 is 0. The van der Waals surface area contributed by atoms with Gasteiger partial charge in [-0.05, 0) is 29.8 Å². The van der Waals surface area contributed by atoms with E-state index in [1.165, 1.54) is 19.4 Å². The lowest BCUT2D eigenvalue weighted by Crippen LogP contribution is -2.03. The van der Waals surface area contributed by atoms with Crippen LogP contribution in [0.15, 0.2) is 41.6 Å². The number of hydrogen-bond acceptors (Lipinski definition) is 6. The molecule has 6 nitrogen and oxygen atoms in total. The van der Waals surface area contributed by atoms with Gasteiger partial charge in [0.2, 0.25) is 0 Å². The Morgan fingerprint density at radius 2 is 2.05 bits per heavy atom. The van der Waals surface area contributed by atoms with E-state index >= 15 is 0 Å². The van der Waals surface area contributed by atoms with Gasteiger partial charge in [0.15, 0.2) is 26.4 Å². The van der Waals surface area contributed by atoms with Crippen LogP contribution >= 0.6 is 0 Å². The number of aromatic nitrogens is 1. The number of hydrogen-bond donors (Lipinski definition) is 2. The first-order valence-electron chi connectivity index (χ1n) is 6.16.